The molecule has 2 heteroatoms. The molecule has 2 rings (SSSR count). The van der Waals surface area contributed by atoms with Gasteiger partial charge in [-0.3, -0.25) is 4.79 Å². The molecule has 0 aromatic heterocycles. The summed E-state index contributed by atoms with van der Waals surface area (Å²) in [6.07, 6.45) is 1.66. The standard InChI is InChI=1S/C13H14O2/c1-9-8-12(14)10-6-4-5-7-11(10)13(9,2)15-3/h4-8H,1-3H3. The summed E-state index contributed by atoms with van der Waals surface area (Å²) in [4.78, 5) is 11.8. The summed E-state index contributed by atoms with van der Waals surface area (Å²) < 4.78 is 5.55. The van der Waals surface area contributed by atoms with Crippen molar-refractivity contribution in [2.45, 2.75) is 19.4 Å². The third-order valence-corrected chi connectivity index (χ3v) is 3.21. The van der Waals surface area contributed by atoms with Gasteiger partial charge in [0.15, 0.2) is 5.78 Å². The largest absolute Gasteiger partial charge is 0.369 e. The highest BCUT2D eigenvalue weighted by Gasteiger charge is 2.35. The summed E-state index contributed by atoms with van der Waals surface area (Å²) in [5.41, 5.74) is 2.18. The Balaban J connectivity index is 2.70. The SMILES string of the molecule is COC1(C)C(C)=CC(=O)c2ccccc21. The summed E-state index contributed by atoms with van der Waals surface area (Å²) in [6, 6.07) is 7.61. The number of ketones is 1. The molecule has 78 valence electrons. The fourth-order valence-electron chi connectivity index (χ4n) is 2.01. The Morgan fingerprint density at radius 2 is 1.93 bits per heavy atom. The Kier molecular flexibility index (Phi) is 2.24. The number of benzene rings is 1. The highest BCUT2D eigenvalue weighted by molar-refractivity contribution is 6.07. The first-order valence-electron chi connectivity index (χ1n) is 4.97. The van der Waals surface area contributed by atoms with E-state index in [1.165, 1.54) is 0 Å². The normalized spacial score (nSPS) is 24.7. The van der Waals surface area contributed by atoms with Crippen LogP contribution in [-0.4, -0.2) is 12.9 Å². The van der Waals surface area contributed by atoms with E-state index in [4.69, 9.17) is 4.74 Å². The molecular weight excluding hydrogens is 188 g/mol. The monoisotopic (exact) mass is 202 g/mol. The Morgan fingerprint density at radius 3 is 2.60 bits per heavy atom. The number of carbonyl (C=O) groups excluding carboxylic acids is 1. The summed E-state index contributed by atoms with van der Waals surface area (Å²) in [5.74, 6) is 0.0672. The van der Waals surface area contributed by atoms with Crippen LogP contribution >= 0.6 is 0 Å². The van der Waals surface area contributed by atoms with Gasteiger partial charge < -0.3 is 4.74 Å². The lowest BCUT2D eigenvalue weighted by Gasteiger charge is -2.34. The number of hydrogen-bond donors (Lipinski definition) is 0. The van der Waals surface area contributed by atoms with E-state index >= 15 is 0 Å². The lowest BCUT2D eigenvalue weighted by atomic mass is 9.79. The summed E-state index contributed by atoms with van der Waals surface area (Å²) in [7, 11) is 1.67. The topological polar surface area (TPSA) is 26.3 Å². The van der Waals surface area contributed by atoms with Gasteiger partial charge in [-0.25, -0.2) is 0 Å². The maximum atomic E-state index is 11.8. The quantitative estimate of drug-likeness (QED) is 0.699. The molecule has 15 heavy (non-hydrogen) atoms. The smallest absolute Gasteiger partial charge is 0.186 e. The Morgan fingerprint density at radius 1 is 1.27 bits per heavy atom. The van der Waals surface area contributed by atoms with E-state index in [1.54, 1.807) is 13.2 Å². The van der Waals surface area contributed by atoms with E-state index in [9.17, 15) is 4.79 Å². The van der Waals surface area contributed by atoms with Gasteiger partial charge in [0.05, 0.1) is 0 Å². The van der Waals surface area contributed by atoms with Crippen molar-refractivity contribution in [3.05, 3.63) is 47.0 Å². The van der Waals surface area contributed by atoms with Gasteiger partial charge in [0.25, 0.3) is 0 Å². The molecule has 0 N–H and O–H groups in total. The van der Waals surface area contributed by atoms with Crippen molar-refractivity contribution in [3.8, 4) is 0 Å². The fourth-order valence-corrected chi connectivity index (χ4v) is 2.01. The summed E-state index contributed by atoms with van der Waals surface area (Å²) >= 11 is 0. The van der Waals surface area contributed by atoms with Crippen molar-refractivity contribution in [2.24, 2.45) is 0 Å². The van der Waals surface area contributed by atoms with E-state index in [0.717, 1.165) is 16.7 Å². The lowest BCUT2D eigenvalue weighted by molar-refractivity contribution is 0.0325. The first-order chi connectivity index (χ1) is 7.09. The molecule has 0 bridgehead atoms. The molecular formula is C13H14O2. The molecule has 1 aromatic rings. The maximum absolute atomic E-state index is 11.8. The molecule has 1 aromatic carbocycles. The second-order valence-electron chi connectivity index (χ2n) is 3.97. The van der Waals surface area contributed by atoms with E-state index in [0.29, 0.717) is 0 Å². The van der Waals surface area contributed by atoms with Gasteiger partial charge in [-0.1, -0.05) is 24.3 Å². The Labute approximate surface area is 89.6 Å². The number of hydrogen-bond acceptors (Lipinski definition) is 2. The molecule has 1 unspecified atom stereocenters. The molecule has 0 amide bonds. The highest BCUT2D eigenvalue weighted by atomic mass is 16.5. The highest BCUT2D eigenvalue weighted by Crippen LogP contribution is 2.38. The van der Waals surface area contributed by atoms with Crippen LogP contribution in [0.25, 0.3) is 0 Å². The average Bonchev–Trinajstić information content (AvgIpc) is 2.26. The van der Waals surface area contributed by atoms with Crippen molar-refractivity contribution in [2.75, 3.05) is 7.11 Å². The second kappa shape index (κ2) is 3.31. The number of carbonyl (C=O) groups is 1. The van der Waals surface area contributed by atoms with Crippen LogP contribution in [0.1, 0.15) is 29.8 Å². The van der Waals surface area contributed by atoms with Gasteiger partial charge in [-0.05, 0) is 31.1 Å². The Bertz CT molecular complexity index is 446. The molecule has 1 aliphatic carbocycles. The van der Waals surface area contributed by atoms with Crippen molar-refractivity contribution >= 4 is 5.78 Å². The van der Waals surface area contributed by atoms with Gasteiger partial charge in [0.2, 0.25) is 0 Å². The predicted molar refractivity (Wildman–Crippen MR) is 58.9 cm³/mol. The predicted octanol–water partition coefficient (Wildman–Crippen LogP) is 2.69. The molecule has 0 heterocycles. The minimum Gasteiger partial charge on any atom is -0.369 e. The molecule has 0 radical (unpaired) electrons. The fraction of sp³-hybridized carbons (Fsp3) is 0.308. The number of methoxy groups -OCH3 is 1. The zero-order valence-electron chi connectivity index (χ0n) is 9.20. The van der Waals surface area contributed by atoms with Crippen molar-refractivity contribution < 1.29 is 9.53 Å². The van der Waals surface area contributed by atoms with Crippen LogP contribution in [0, 0.1) is 0 Å². The first kappa shape index (κ1) is 10.1. The molecule has 0 spiro atoms. The first-order valence-corrected chi connectivity index (χ1v) is 4.97. The van der Waals surface area contributed by atoms with Gasteiger partial charge in [0.1, 0.15) is 5.60 Å². The molecule has 2 nitrogen and oxygen atoms in total. The molecule has 0 saturated heterocycles. The molecule has 1 aliphatic rings. The molecule has 0 fully saturated rings. The zero-order chi connectivity index (χ0) is 11.1. The van der Waals surface area contributed by atoms with Crippen LogP contribution < -0.4 is 0 Å². The third kappa shape index (κ3) is 1.33. The van der Waals surface area contributed by atoms with Gasteiger partial charge in [-0.2, -0.15) is 0 Å². The minimum absolute atomic E-state index is 0.0672. The second-order valence-corrected chi connectivity index (χ2v) is 3.97. The maximum Gasteiger partial charge on any atom is 0.186 e. The van der Waals surface area contributed by atoms with Crippen LogP contribution in [0.15, 0.2) is 35.9 Å². The number of ether oxygens (including phenoxy) is 1. The number of rotatable bonds is 1. The van der Waals surface area contributed by atoms with E-state index in [1.807, 2.05) is 38.1 Å². The number of allylic oxidation sites excluding steroid dienone is 1. The van der Waals surface area contributed by atoms with Crippen LogP contribution in [0.2, 0.25) is 0 Å². The van der Waals surface area contributed by atoms with Crippen LogP contribution in [0.5, 0.6) is 0 Å². The van der Waals surface area contributed by atoms with Gasteiger partial charge in [-0.15, -0.1) is 0 Å². The lowest BCUT2D eigenvalue weighted by Crippen LogP contribution is -2.31. The molecule has 0 saturated carbocycles. The number of fused-ring (bicyclic) bond motifs is 1. The third-order valence-electron chi connectivity index (χ3n) is 3.21. The van der Waals surface area contributed by atoms with E-state index in [-0.39, 0.29) is 5.78 Å². The zero-order valence-corrected chi connectivity index (χ0v) is 9.20. The Hall–Kier alpha value is -1.41. The van der Waals surface area contributed by atoms with Crippen molar-refractivity contribution in [1.29, 1.82) is 0 Å². The average molecular weight is 202 g/mol. The van der Waals surface area contributed by atoms with Crippen molar-refractivity contribution in [3.63, 3.8) is 0 Å². The van der Waals surface area contributed by atoms with Gasteiger partial charge in [0, 0.05) is 12.7 Å². The van der Waals surface area contributed by atoms with E-state index in [2.05, 4.69) is 0 Å². The van der Waals surface area contributed by atoms with Crippen LogP contribution in [0.3, 0.4) is 0 Å². The van der Waals surface area contributed by atoms with Crippen LogP contribution in [-0.2, 0) is 10.3 Å². The van der Waals surface area contributed by atoms with Crippen molar-refractivity contribution in [1.82, 2.24) is 0 Å². The summed E-state index contributed by atoms with van der Waals surface area (Å²) in [5, 5.41) is 0. The van der Waals surface area contributed by atoms with Gasteiger partial charge >= 0.3 is 0 Å². The minimum atomic E-state index is -0.468. The van der Waals surface area contributed by atoms with Crippen LogP contribution in [0.4, 0.5) is 0 Å². The molecule has 1 atom stereocenters. The molecule has 0 aliphatic heterocycles. The van der Waals surface area contributed by atoms with E-state index < -0.39 is 5.60 Å². The summed E-state index contributed by atoms with van der Waals surface area (Å²) in [6.45, 7) is 3.92.